The third-order valence-corrected chi connectivity index (χ3v) is 3.41. The van der Waals surface area contributed by atoms with E-state index in [9.17, 15) is 0 Å². The number of halogens is 2. The van der Waals surface area contributed by atoms with Gasteiger partial charge in [-0.25, -0.2) is 0 Å². The van der Waals surface area contributed by atoms with Crippen molar-refractivity contribution in [3.05, 3.63) is 16.1 Å². The maximum Gasteiger partial charge on any atom is 0.234 e. The van der Waals surface area contributed by atoms with Crippen molar-refractivity contribution < 1.29 is 4.74 Å². The van der Waals surface area contributed by atoms with Crippen LogP contribution in [0.4, 0.5) is 5.82 Å². The van der Waals surface area contributed by atoms with E-state index in [1.54, 1.807) is 6.07 Å². The lowest BCUT2D eigenvalue weighted by atomic mass is 10.2. The molecular formula is C13H21Cl2N3O. The van der Waals surface area contributed by atoms with E-state index in [4.69, 9.17) is 33.7 Å². The highest BCUT2D eigenvalue weighted by Crippen LogP contribution is 2.28. The summed E-state index contributed by atoms with van der Waals surface area (Å²) in [5, 5.41) is 0.711. The van der Waals surface area contributed by atoms with E-state index in [-0.39, 0.29) is 5.82 Å². The van der Waals surface area contributed by atoms with Gasteiger partial charge in [-0.05, 0) is 33.8 Å². The smallest absolute Gasteiger partial charge is 0.234 e. The number of hydrogen-bond donors (Lipinski definition) is 1. The SMILES string of the molecule is CC(C)N(CCOc1nc(N)c(Cl)cc1Cl)C(C)C. The van der Waals surface area contributed by atoms with Crippen LogP contribution in [-0.4, -0.2) is 35.1 Å². The maximum atomic E-state index is 6.00. The summed E-state index contributed by atoms with van der Waals surface area (Å²) in [6.07, 6.45) is 0. The van der Waals surface area contributed by atoms with Crippen molar-refractivity contribution in [2.75, 3.05) is 18.9 Å². The number of nitrogens with two attached hydrogens (primary N) is 1. The van der Waals surface area contributed by atoms with Crippen molar-refractivity contribution in [3.8, 4) is 5.88 Å². The fourth-order valence-electron chi connectivity index (χ4n) is 1.92. The van der Waals surface area contributed by atoms with E-state index in [1.807, 2.05) is 0 Å². The number of anilines is 1. The lowest BCUT2D eigenvalue weighted by molar-refractivity contribution is 0.140. The number of nitrogens with zero attached hydrogens (tertiary/aromatic N) is 2. The fourth-order valence-corrected chi connectivity index (χ4v) is 2.34. The molecule has 4 nitrogen and oxygen atoms in total. The van der Waals surface area contributed by atoms with Crippen LogP contribution in [0.1, 0.15) is 27.7 Å². The highest BCUT2D eigenvalue weighted by Gasteiger charge is 2.14. The molecule has 0 saturated carbocycles. The molecule has 0 atom stereocenters. The highest BCUT2D eigenvalue weighted by atomic mass is 35.5. The van der Waals surface area contributed by atoms with Gasteiger partial charge in [0.25, 0.3) is 0 Å². The summed E-state index contributed by atoms with van der Waals surface area (Å²) in [5.41, 5.74) is 5.63. The molecule has 1 aromatic rings. The first kappa shape index (κ1) is 16.3. The van der Waals surface area contributed by atoms with Gasteiger partial charge in [0, 0.05) is 18.6 Å². The Bertz CT molecular complexity index is 417. The third kappa shape index (κ3) is 4.71. The molecular weight excluding hydrogens is 285 g/mol. The zero-order valence-corrected chi connectivity index (χ0v) is 13.3. The Labute approximate surface area is 124 Å². The Hall–Kier alpha value is -0.710. The number of rotatable bonds is 6. The van der Waals surface area contributed by atoms with Crippen LogP contribution in [0.15, 0.2) is 6.07 Å². The van der Waals surface area contributed by atoms with Crippen LogP contribution in [-0.2, 0) is 0 Å². The molecule has 6 heteroatoms. The molecule has 2 N–H and O–H groups in total. The molecule has 0 spiro atoms. The average Bonchev–Trinajstić information content (AvgIpc) is 2.29. The minimum atomic E-state index is 0.227. The summed E-state index contributed by atoms with van der Waals surface area (Å²) in [6, 6.07) is 2.47. The van der Waals surface area contributed by atoms with Gasteiger partial charge in [0.1, 0.15) is 17.4 Å². The Morgan fingerprint density at radius 1 is 1.21 bits per heavy atom. The molecule has 0 aliphatic heterocycles. The molecule has 0 amide bonds. The number of hydrogen-bond acceptors (Lipinski definition) is 4. The molecule has 1 aromatic heterocycles. The van der Waals surface area contributed by atoms with Crippen LogP contribution >= 0.6 is 23.2 Å². The van der Waals surface area contributed by atoms with Crippen LogP contribution in [0.3, 0.4) is 0 Å². The van der Waals surface area contributed by atoms with Crippen LogP contribution in [0.25, 0.3) is 0 Å². The van der Waals surface area contributed by atoms with Gasteiger partial charge in [0.2, 0.25) is 5.88 Å². The van der Waals surface area contributed by atoms with Gasteiger partial charge in [0.05, 0.1) is 5.02 Å². The van der Waals surface area contributed by atoms with Crippen molar-refractivity contribution in [1.29, 1.82) is 0 Å². The monoisotopic (exact) mass is 305 g/mol. The largest absolute Gasteiger partial charge is 0.475 e. The quantitative estimate of drug-likeness (QED) is 0.874. The molecule has 0 aliphatic carbocycles. The Morgan fingerprint density at radius 3 is 2.32 bits per heavy atom. The van der Waals surface area contributed by atoms with Crippen LogP contribution in [0.2, 0.25) is 10.0 Å². The van der Waals surface area contributed by atoms with Crippen molar-refractivity contribution >= 4 is 29.0 Å². The van der Waals surface area contributed by atoms with Crippen LogP contribution < -0.4 is 10.5 Å². The van der Waals surface area contributed by atoms with E-state index < -0.39 is 0 Å². The minimum absolute atomic E-state index is 0.227. The second-order valence-corrected chi connectivity index (χ2v) is 5.73. The summed E-state index contributed by atoms with van der Waals surface area (Å²) >= 11 is 11.8. The summed E-state index contributed by atoms with van der Waals surface area (Å²) in [5.74, 6) is 0.557. The number of pyridine rings is 1. The predicted molar refractivity (Wildman–Crippen MR) is 81.1 cm³/mol. The third-order valence-electron chi connectivity index (χ3n) is 2.84. The summed E-state index contributed by atoms with van der Waals surface area (Å²) in [7, 11) is 0. The average molecular weight is 306 g/mol. The van der Waals surface area contributed by atoms with Crippen molar-refractivity contribution in [3.63, 3.8) is 0 Å². The molecule has 1 heterocycles. The fraction of sp³-hybridized carbons (Fsp3) is 0.615. The highest BCUT2D eigenvalue weighted by molar-refractivity contribution is 6.36. The normalized spacial score (nSPS) is 11.6. The van der Waals surface area contributed by atoms with Crippen molar-refractivity contribution in [1.82, 2.24) is 9.88 Å². The van der Waals surface area contributed by atoms with Gasteiger partial charge in [0.15, 0.2) is 0 Å². The van der Waals surface area contributed by atoms with Gasteiger partial charge >= 0.3 is 0 Å². The number of aromatic nitrogens is 1. The predicted octanol–water partition coefficient (Wildman–Crippen LogP) is 3.47. The first-order chi connectivity index (χ1) is 8.82. The zero-order valence-electron chi connectivity index (χ0n) is 11.8. The van der Waals surface area contributed by atoms with Crippen molar-refractivity contribution in [2.45, 2.75) is 39.8 Å². The zero-order chi connectivity index (χ0) is 14.6. The molecule has 0 radical (unpaired) electrons. The molecule has 0 aliphatic rings. The minimum Gasteiger partial charge on any atom is -0.475 e. The Balaban J connectivity index is 2.60. The first-order valence-corrected chi connectivity index (χ1v) is 7.08. The van der Waals surface area contributed by atoms with Gasteiger partial charge in [-0.15, -0.1) is 0 Å². The van der Waals surface area contributed by atoms with E-state index >= 15 is 0 Å². The molecule has 0 unspecified atom stereocenters. The number of nitrogen functional groups attached to an aromatic ring is 1. The maximum absolute atomic E-state index is 6.00. The molecule has 0 bridgehead atoms. The molecule has 0 fully saturated rings. The second kappa shape index (κ2) is 7.17. The van der Waals surface area contributed by atoms with Gasteiger partial charge in [-0.2, -0.15) is 4.98 Å². The van der Waals surface area contributed by atoms with Gasteiger partial charge < -0.3 is 10.5 Å². The number of ether oxygens (including phenoxy) is 1. The molecule has 1 rings (SSSR count). The van der Waals surface area contributed by atoms with E-state index in [0.29, 0.717) is 34.6 Å². The van der Waals surface area contributed by atoms with Crippen LogP contribution in [0, 0.1) is 0 Å². The molecule has 19 heavy (non-hydrogen) atoms. The Morgan fingerprint density at radius 2 is 1.79 bits per heavy atom. The van der Waals surface area contributed by atoms with E-state index in [0.717, 1.165) is 6.54 Å². The van der Waals surface area contributed by atoms with Gasteiger partial charge in [-0.1, -0.05) is 23.2 Å². The van der Waals surface area contributed by atoms with Crippen LogP contribution in [0.5, 0.6) is 5.88 Å². The molecule has 0 aromatic carbocycles. The van der Waals surface area contributed by atoms with Crippen molar-refractivity contribution in [2.24, 2.45) is 0 Å². The summed E-state index contributed by atoms with van der Waals surface area (Å²) in [6.45, 7) is 9.94. The molecule has 108 valence electrons. The van der Waals surface area contributed by atoms with Gasteiger partial charge in [-0.3, -0.25) is 4.90 Å². The van der Waals surface area contributed by atoms with E-state index in [2.05, 4.69) is 37.6 Å². The first-order valence-electron chi connectivity index (χ1n) is 6.33. The Kier molecular flexibility index (Phi) is 6.17. The topological polar surface area (TPSA) is 51.4 Å². The standard InChI is InChI=1S/C13H21Cl2N3O/c1-8(2)18(9(3)4)5-6-19-13-11(15)7-10(14)12(16)17-13/h7-9H,5-6H2,1-4H3,(H2,16,17). The van der Waals surface area contributed by atoms with E-state index in [1.165, 1.54) is 0 Å². The summed E-state index contributed by atoms with van der Waals surface area (Å²) < 4.78 is 5.58. The lowest BCUT2D eigenvalue weighted by Crippen LogP contribution is -2.39. The lowest BCUT2D eigenvalue weighted by Gasteiger charge is -2.30. The summed E-state index contributed by atoms with van der Waals surface area (Å²) in [4.78, 5) is 6.36. The molecule has 0 saturated heterocycles. The second-order valence-electron chi connectivity index (χ2n) is 4.92.